The molecule has 0 aliphatic heterocycles. The number of hydrogen-bond acceptors (Lipinski definition) is 14. The standard InChI is InChI=1S/C20H28N8O9S/c1-4-11(23)36-19(34)16(26-14(31)7-21)25-13(30)6-10(38-9(3)29)18(33)28-17(27-15(32)8-22)20(35)37-12(24)5-2/h1-2,10-12,16-17H,6-8,21-24H2,3H3,(H,25,30)(H,26,31)(H,27,32)(H,28,33). The molecular weight excluding hydrogens is 528 g/mol. The highest BCUT2D eigenvalue weighted by atomic mass is 32.2. The van der Waals surface area contributed by atoms with Gasteiger partial charge in [0.05, 0.1) is 18.3 Å². The smallest absolute Gasteiger partial charge is 0.351 e. The van der Waals surface area contributed by atoms with E-state index in [9.17, 15) is 33.6 Å². The first-order valence-electron chi connectivity index (χ1n) is 10.4. The van der Waals surface area contributed by atoms with Crippen LogP contribution in [0.3, 0.4) is 0 Å². The van der Waals surface area contributed by atoms with Gasteiger partial charge in [0.2, 0.25) is 48.4 Å². The fourth-order valence-corrected chi connectivity index (χ4v) is 3.02. The highest BCUT2D eigenvalue weighted by Gasteiger charge is 2.33. The first kappa shape index (κ1) is 33.8. The number of nitrogens with one attached hydrogen (secondary N) is 4. The summed E-state index contributed by atoms with van der Waals surface area (Å²) in [5, 5.41) is 6.11. The minimum absolute atomic E-state index is 0.373. The van der Waals surface area contributed by atoms with Crippen LogP contribution >= 0.6 is 11.8 Å². The molecule has 0 aromatic carbocycles. The van der Waals surface area contributed by atoms with E-state index < -0.39 is 90.2 Å². The molecule has 0 aromatic rings. The van der Waals surface area contributed by atoms with E-state index in [2.05, 4.69) is 25.4 Å². The van der Waals surface area contributed by atoms with Gasteiger partial charge in [-0.15, -0.1) is 12.8 Å². The fraction of sp³-hybridized carbons (Fsp3) is 0.450. The molecular formula is C20H28N8O9S. The fourth-order valence-electron chi connectivity index (χ4n) is 2.21. The molecule has 12 N–H and O–H groups in total. The van der Waals surface area contributed by atoms with Crippen molar-refractivity contribution < 1.29 is 43.0 Å². The Hall–Kier alpha value is -4.20. The molecule has 18 heteroatoms. The predicted molar refractivity (Wildman–Crippen MR) is 131 cm³/mol. The highest BCUT2D eigenvalue weighted by Crippen LogP contribution is 2.16. The number of amides is 4. The van der Waals surface area contributed by atoms with Gasteiger partial charge in [0.1, 0.15) is 0 Å². The van der Waals surface area contributed by atoms with Crippen molar-refractivity contribution in [1.82, 2.24) is 21.3 Å². The number of hydrogen-bond donors (Lipinski definition) is 8. The van der Waals surface area contributed by atoms with E-state index in [1.807, 2.05) is 17.2 Å². The van der Waals surface area contributed by atoms with Gasteiger partial charge in [0, 0.05) is 13.3 Å². The number of carbonyl (C=O) groups is 7. The van der Waals surface area contributed by atoms with E-state index in [-0.39, 0.29) is 0 Å². The van der Waals surface area contributed by atoms with Crippen molar-refractivity contribution >= 4 is 52.4 Å². The molecule has 0 heterocycles. The number of nitrogens with two attached hydrogens (primary N) is 4. The maximum Gasteiger partial charge on any atom is 0.351 e. The molecule has 0 aromatic heterocycles. The molecule has 0 aliphatic rings. The van der Waals surface area contributed by atoms with Crippen LogP contribution < -0.4 is 44.2 Å². The van der Waals surface area contributed by atoms with E-state index in [1.165, 1.54) is 0 Å². The second kappa shape index (κ2) is 17.3. The SMILES string of the molecule is C#CC(N)OC(=O)C(NC(=O)CN)NC(=O)CC(SC(C)=O)C(=O)NC(NC(=O)CN)C(=O)OC(N)C#C. The third-order valence-corrected chi connectivity index (χ3v) is 4.83. The van der Waals surface area contributed by atoms with Crippen molar-refractivity contribution in [2.75, 3.05) is 13.1 Å². The zero-order valence-corrected chi connectivity index (χ0v) is 20.9. The average Bonchev–Trinajstić information content (AvgIpc) is 2.86. The van der Waals surface area contributed by atoms with Gasteiger partial charge in [0.15, 0.2) is 5.12 Å². The summed E-state index contributed by atoms with van der Waals surface area (Å²) in [5.41, 5.74) is 21.0. The quantitative estimate of drug-likeness (QED) is 0.0561. The van der Waals surface area contributed by atoms with Gasteiger partial charge in [-0.05, 0) is 11.8 Å². The van der Waals surface area contributed by atoms with E-state index in [0.29, 0.717) is 11.8 Å². The topological polar surface area (TPSA) is 290 Å². The molecule has 4 amide bonds. The van der Waals surface area contributed by atoms with Gasteiger partial charge >= 0.3 is 11.9 Å². The monoisotopic (exact) mass is 556 g/mol. The molecule has 0 bridgehead atoms. The Labute approximate surface area is 221 Å². The second-order valence-corrected chi connectivity index (χ2v) is 8.22. The highest BCUT2D eigenvalue weighted by molar-refractivity contribution is 8.14. The third-order valence-electron chi connectivity index (χ3n) is 3.83. The van der Waals surface area contributed by atoms with Gasteiger partial charge in [-0.2, -0.15) is 0 Å². The maximum absolute atomic E-state index is 12.8. The van der Waals surface area contributed by atoms with Gasteiger partial charge in [-0.3, -0.25) is 35.4 Å². The lowest BCUT2D eigenvalue weighted by molar-refractivity contribution is -0.153. The number of thioether (sulfide) groups is 1. The number of ether oxygens (including phenoxy) is 2. The number of carbonyl (C=O) groups excluding carboxylic acids is 7. The summed E-state index contributed by atoms with van der Waals surface area (Å²) in [6, 6.07) is 0. The van der Waals surface area contributed by atoms with Crippen molar-refractivity contribution in [3.8, 4) is 24.7 Å². The van der Waals surface area contributed by atoms with Gasteiger partial charge in [0.25, 0.3) is 0 Å². The van der Waals surface area contributed by atoms with Crippen molar-refractivity contribution in [2.24, 2.45) is 22.9 Å². The van der Waals surface area contributed by atoms with Crippen LogP contribution in [0.15, 0.2) is 0 Å². The van der Waals surface area contributed by atoms with Gasteiger partial charge in [-0.1, -0.05) is 11.8 Å². The summed E-state index contributed by atoms with van der Waals surface area (Å²) in [6.45, 7) is -0.0643. The van der Waals surface area contributed by atoms with Crippen molar-refractivity contribution in [1.29, 1.82) is 0 Å². The van der Waals surface area contributed by atoms with E-state index in [0.717, 1.165) is 6.92 Å². The van der Waals surface area contributed by atoms with Crippen molar-refractivity contribution in [2.45, 2.75) is 43.4 Å². The molecule has 17 nitrogen and oxygen atoms in total. The largest absolute Gasteiger partial charge is 0.432 e. The molecule has 5 unspecified atom stereocenters. The Balaban J connectivity index is 5.73. The molecule has 208 valence electrons. The molecule has 38 heavy (non-hydrogen) atoms. The summed E-state index contributed by atoms with van der Waals surface area (Å²) in [5.74, 6) is -2.67. The van der Waals surface area contributed by atoms with E-state index >= 15 is 0 Å². The Morgan fingerprint density at radius 1 is 0.763 bits per heavy atom. The second-order valence-electron chi connectivity index (χ2n) is 6.84. The summed E-state index contributed by atoms with van der Waals surface area (Å²) in [6.07, 6.45) is 2.56. The predicted octanol–water partition coefficient (Wildman–Crippen LogP) is -6.02. The minimum Gasteiger partial charge on any atom is -0.432 e. The van der Waals surface area contributed by atoms with Crippen molar-refractivity contribution in [3.05, 3.63) is 0 Å². The lowest BCUT2D eigenvalue weighted by atomic mass is 10.2. The zero-order chi connectivity index (χ0) is 29.4. The Kier molecular flexibility index (Phi) is 15.4. The molecule has 0 aliphatic carbocycles. The number of esters is 2. The van der Waals surface area contributed by atoms with Crippen LogP contribution in [0, 0.1) is 24.7 Å². The Bertz CT molecular complexity index is 1010. The maximum atomic E-state index is 12.8. The first-order valence-corrected chi connectivity index (χ1v) is 11.3. The van der Waals surface area contributed by atoms with Crippen LogP contribution in [0.5, 0.6) is 0 Å². The third kappa shape index (κ3) is 13.2. The Morgan fingerprint density at radius 3 is 1.53 bits per heavy atom. The number of terminal acetylenes is 2. The minimum atomic E-state index is -1.85. The van der Waals surface area contributed by atoms with Crippen LogP contribution in [0.2, 0.25) is 0 Å². The van der Waals surface area contributed by atoms with Crippen LogP contribution in [0.25, 0.3) is 0 Å². The van der Waals surface area contributed by atoms with E-state index in [4.69, 9.17) is 35.8 Å². The molecule has 0 rings (SSSR count). The molecule has 5 atom stereocenters. The van der Waals surface area contributed by atoms with Crippen LogP contribution in [-0.4, -0.2) is 83.8 Å². The summed E-state index contributed by atoms with van der Waals surface area (Å²) >= 11 is 0.373. The molecule has 0 fully saturated rings. The summed E-state index contributed by atoms with van der Waals surface area (Å²) < 4.78 is 9.33. The zero-order valence-electron chi connectivity index (χ0n) is 20.1. The van der Waals surface area contributed by atoms with Crippen LogP contribution in [-0.2, 0) is 43.0 Å². The molecule has 0 saturated heterocycles. The molecule has 0 saturated carbocycles. The lowest BCUT2D eigenvalue weighted by Crippen LogP contribution is -2.58. The average molecular weight is 557 g/mol. The Morgan fingerprint density at radius 2 is 1.16 bits per heavy atom. The van der Waals surface area contributed by atoms with Crippen molar-refractivity contribution in [3.63, 3.8) is 0 Å². The molecule has 0 spiro atoms. The number of rotatable bonds is 14. The van der Waals surface area contributed by atoms with Gasteiger partial charge in [-0.25, -0.2) is 9.59 Å². The van der Waals surface area contributed by atoms with E-state index in [1.54, 1.807) is 0 Å². The normalized spacial score (nSPS) is 14.0. The first-order chi connectivity index (χ1) is 17.8. The molecule has 0 radical (unpaired) electrons. The lowest BCUT2D eigenvalue weighted by Gasteiger charge is -2.23. The van der Waals surface area contributed by atoms with Crippen LogP contribution in [0.1, 0.15) is 13.3 Å². The van der Waals surface area contributed by atoms with Crippen LogP contribution in [0.4, 0.5) is 0 Å². The summed E-state index contributed by atoms with van der Waals surface area (Å²) in [7, 11) is 0. The van der Waals surface area contributed by atoms with Gasteiger partial charge < -0.3 is 42.2 Å². The summed E-state index contributed by atoms with van der Waals surface area (Å²) in [4.78, 5) is 85.0.